The summed E-state index contributed by atoms with van der Waals surface area (Å²) in [5.41, 5.74) is 0.440. The van der Waals surface area contributed by atoms with E-state index < -0.39 is 25.2 Å². The SMILES string of the molecule is Nn1c(SCC(=O)NCC(F)(F)F)nnc1-c1ccc(OC(F)F)cc1. The summed E-state index contributed by atoms with van der Waals surface area (Å²) in [5, 5.41) is 9.35. The number of hydrogen-bond acceptors (Lipinski definition) is 6. The fourth-order valence-electron chi connectivity index (χ4n) is 1.74. The van der Waals surface area contributed by atoms with Crippen molar-refractivity contribution < 1.29 is 31.5 Å². The molecule has 0 aliphatic heterocycles. The summed E-state index contributed by atoms with van der Waals surface area (Å²) < 4.78 is 65.5. The Bertz CT molecular complexity index is 750. The van der Waals surface area contributed by atoms with Crippen LogP contribution < -0.4 is 15.9 Å². The summed E-state index contributed by atoms with van der Waals surface area (Å²) in [5.74, 6) is 4.73. The van der Waals surface area contributed by atoms with Gasteiger partial charge in [-0.3, -0.25) is 4.79 Å². The van der Waals surface area contributed by atoms with E-state index in [0.717, 1.165) is 16.4 Å². The number of alkyl halides is 5. The van der Waals surface area contributed by atoms with Crippen molar-refractivity contribution in [2.24, 2.45) is 0 Å². The van der Waals surface area contributed by atoms with Gasteiger partial charge in [0, 0.05) is 5.56 Å². The highest BCUT2D eigenvalue weighted by molar-refractivity contribution is 7.99. The maximum atomic E-state index is 12.1. The molecule has 7 nitrogen and oxygen atoms in total. The minimum Gasteiger partial charge on any atom is -0.435 e. The number of thioether (sulfide) groups is 1. The molecule has 0 aliphatic carbocycles. The van der Waals surface area contributed by atoms with Crippen LogP contribution in [0.25, 0.3) is 11.4 Å². The number of rotatable bonds is 7. The van der Waals surface area contributed by atoms with Gasteiger partial charge < -0.3 is 15.9 Å². The van der Waals surface area contributed by atoms with Crippen LogP contribution in [0.3, 0.4) is 0 Å². The molecular formula is C13H12F5N5O2S. The average molecular weight is 397 g/mol. The first-order chi connectivity index (χ1) is 12.2. The maximum absolute atomic E-state index is 12.1. The molecule has 1 heterocycles. The number of nitrogens with one attached hydrogen (secondary N) is 1. The zero-order valence-electron chi connectivity index (χ0n) is 12.8. The summed E-state index contributed by atoms with van der Waals surface area (Å²) >= 11 is 0.794. The van der Waals surface area contributed by atoms with E-state index in [1.54, 1.807) is 5.32 Å². The second-order valence-electron chi connectivity index (χ2n) is 4.76. The Labute approximate surface area is 147 Å². The second kappa shape index (κ2) is 8.21. The predicted octanol–water partition coefficient (Wildman–Crippen LogP) is 2.03. The molecule has 0 unspecified atom stereocenters. The van der Waals surface area contributed by atoms with Crippen molar-refractivity contribution in [2.75, 3.05) is 18.1 Å². The minimum absolute atomic E-state index is 0.0530. The van der Waals surface area contributed by atoms with Gasteiger partial charge in [-0.15, -0.1) is 10.2 Å². The van der Waals surface area contributed by atoms with E-state index >= 15 is 0 Å². The van der Waals surface area contributed by atoms with Crippen LogP contribution in [0, 0.1) is 0 Å². The highest BCUT2D eigenvalue weighted by Gasteiger charge is 2.27. The molecule has 0 fully saturated rings. The topological polar surface area (TPSA) is 95.1 Å². The van der Waals surface area contributed by atoms with Crippen molar-refractivity contribution in [2.45, 2.75) is 17.9 Å². The number of carbonyl (C=O) groups is 1. The highest BCUT2D eigenvalue weighted by Crippen LogP contribution is 2.24. The lowest BCUT2D eigenvalue weighted by Gasteiger charge is -2.08. The van der Waals surface area contributed by atoms with E-state index in [9.17, 15) is 26.7 Å². The highest BCUT2D eigenvalue weighted by atomic mass is 32.2. The normalized spacial score (nSPS) is 11.6. The third-order valence-electron chi connectivity index (χ3n) is 2.82. The quantitative estimate of drug-likeness (QED) is 0.422. The van der Waals surface area contributed by atoms with Crippen molar-refractivity contribution >= 4 is 17.7 Å². The van der Waals surface area contributed by atoms with E-state index in [4.69, 9.17) is 5.84 Å². The first-order valence-electron chi connectivity index (χ1n) is 6.87. The van der Waals surface area contributed by atoms with E-state index in [2.05, 4.69) is 14.9 Å². The fourth-order valence-corrected chi connectivity index (χ4v) is 2.42. The Morgan fingerprint density at radius 1 is 1.27 bits per heavy atom. The van der Waals surface area contributed by atoms with E-state index in [1.807, 2.05) is 0 Å². The zero-order chi connectivity index (χ0) is 19.3. The lowest BCUT2D eigenvalue weighted by Crippen LogP contribution is -2.34. The second-order valence-corrected chi connectivity index (χ2v) is 5.70. The van der Waals surface area contributed by atoms with Crippen LogP contribution in [-0.4, -0.2) is 45.9 Å². The number of amides is 1. The molecule has 0 aliphatic rings. The predicted molar refractivity (Wildman–Crippen MR) is 82.0 cm³/mol. The van der Waals surface area contributed by atoms with Crippen molar-refractivity contribution in [1.82, 2.24) is 20.2 Å². The zero-order valence-corrected chi connectivity index (χ0v) is 13.7. The van der Waals surface area contributed by atoms with Gasteiger partial charge in [0.25, 0.3) is 0 Å². The van der Waals surface area contributed by atoms with Gasteiger partial charge in [0.2, 0.25) is 11.1 Å². The van der Waals surface area contributed by atoms with E-state index in [-0.39, 0.29) is 22.5 Å². The van der Waals surface area contributed by atoms with Gasteiger partial charge in [0.15, 0.2) is 5.82 Å². The number of hydrogen-bond donors (Lipinski definition) is 2. The number of nitrogens with two attached hydrogens (primary N) is 1. The van der Waals surface area contributed by atoms with Crippen LogP contribution in [0.4, 0.5) is 22.0 Å². The third kappa shape index (κ3) is 5.75. The Morgan fingerprint density at radius 2 is 1.92 bits per heavy atom. The summed E-state index contributed by atoms with van der Waals surface area (Å²) in [6, 6.07) is 5.42. The van der Waals surface area contributed by atoms with E-state index in [1.165, 1.54) is 24.3 Å². The van der Waals surface area contributed by atoms with Crippen LogP contribution in [-0.2, 0) is 4.79 Å². The smallest absolute Gasteiger partial charge is 0.405 e. The number of nitrogens with zero attached hydrogens (tertiary/aromatic N) is 3. The molecule has 1 amide bonds. The number of ether oxygens (including phenoxy) is 1. The molecule has 2 rings (SSSR count). The summed E-state index contributed by atoms with van der Waals surface area (Å²) in [4.78, 5) is 11.4. The van der Waals surface area contributed by atoms with Gasteiger partial charge in [0.05, 0.1) is 5.75 Å². The molecule has 0 saturated carbocycles. The van der Waals surface area contributed by atoms with Gasteiger partial charge in [-0.25, -0.2) is 4.68 Å². The molecule has 0 saturated heterocycles. The molecule has 1 aromatic heterocycles. The van der Waals surface area contributed by atoms with Crippen molar-refractivity contribution in [1.29, 1.82) is 0 Å². The van der Waals surface area contributed by atoms with Crippen molar-refractivity contribution in [3.8, 4) is 17.1 Å². The fraction of sp³-hybridized carbons (Fsp3) is 0.308. The van der Waals surface area contributed by atoms with Gasteiger partial charge in [-0.2, -0.15) is 22.0 Å². The number of nitrogen functional groups attached to an aromatic ring is 1. The minimum atomic E-state index is -4.50. The standard InChI is InChI=1S/C13H12F5N5O2S/c14-11(15)25-8-3-1-7(2-4-8)10-21-22-12(23(10)19)26-5-9(24)20-6-13(16,17)18/h1-4,11H,5-6,19H2,(H,20,24). The number of aromatic nitrogens is 3. The molecule has 0 atom stereocenters. The van der Waals surface area contributed by atoms with Gasteiger partial charge >= 0.3 is 12.8 Å². The number of halogens is 5. The molecule has 13 heteroatoms. The Balaban J connectivity index is 1.98. The van der Waals surface area contributed by atoms with Crippen LogP contribution in [0.5, 0.6) is 5.75 Å². The van der Waals surface area contributed by atoms with Crippen LogP contribution in [0.1, 0.15) is 0 Å². The third-order valence-corrected chi connectivity index (χ3v) is 3.76. The molecular weight excluding hydrogens is 385 g/mol. The molecule has 0 spiro atoms. The Kier molecular flexibility index (Phi) is 6.23. The molecule has 0 bridgehead atoms. The largest absolute Gasteiger partial charge is 0.435 e. The van der Waals surface area contributed by atoms with Crippen LogP contribution in [0.2, 0.25) is 0 Å². The molecule has 142 valence electrons. The molecule has 2 aromatic rings. The van der Waals surface area contributed by atoms with Gasteiger partial charge in [-0.05, 0) is 24.3 Å². The van der Waals surface area contributed by atoms with E-state index in [0.29, 0.717) is 5.56 Å². The number of benzene rings is 1. The van der Waals surface area contributed by atoms with Gasteiger partial charge in [-0.1, -0.05) is 11.8 Å². The molecule has 26 heavy (non-hydrogen) atoms. The molecule has 1 aromatic carbocycles. The summed E-state index contributed by atoms with van der Waals surface area (Å²) in [6.07, 6.45) is -4.50. The molecule has 3 N–H and O–H groups in total. The van der Waals surface area contributed by atoms with Crippen molar-refractivity contribution in [3.05, 3.63) is 24.3 Å². The van der Waals surface area contributed by atoms with Crippen molar-refractivity contribution in [3.63, 3.8) is 0 Å². The Morgan fingerprint density at radius 3 is 2.50 bits per heavy atom. The summed E-state index contributed by atoms with van der Waals surface area (Å²) in [6.45, 7) is -4.38. The number of carbonyl (C=O) groups excluding carboxylic acids is 1. The first kappa shape index (κ1) is 19.8. The van der Waals surface area contributed by atoms with Crippen LogP contribution >= 0.6 is 11.8 Å². The lowest BCUT2D eigenvalue weighted by atomic mass is 10.2. The maximum Gasteiger partial charge on any atom is 0.405 e. The van der Waals surface area contributed by atoms with Crippen LogP contribution in [0.15, 0.2) is 29.4 Å². The summed E-state index contributed by atoms with van der Waals surface area (Å²) in [7, 11) is 0. The van der Waals surface area contributed by atoms with Gasteiger partial charge in [0.1, 0.15) is 12.3 Å². The first-order valence-corrected chi connectivity index (χ1v) is 7.86. The monoisotopic (exact) mass is 397 g/mol. The molecule has 0 radical (unpaired) electrons. The lowest BCUT2D eigenvalue weighted by molar-refractivity contribution is -0.136. The Hall–Kier alpha value is -2.57. The average Bonchev–Trinajstić information content (AvgIpc) is 2.91.